The van der Waals surface area contributed by atoms with E-state index in [4.69, 9.17) is 5.73 Å². The molecular weight excluding hydrogens is 339 g/mol. The van der Waals surface area contributed by atoms with Gasteiger partial charge in [0.1, 0.15) is 0 Å². The van der Waals surface area contributed by atoms with Gasteiger partial charge in [0.15, 0.2) is 0 Å². The third kappa shape index (κ3) is 3.20. The highest BCUT2D eigenvalue weighted by Crippen LogP contribution is 2.33. The maximum Gasteiger partial charge on any atom is 0.504 e. The lowest BCUT2D eigenvalue weighted by molar-refractivity contribution is -0.211. The monoisotopic (exact) mass is 353 g/mol. The van der Waals surface area contributed by atoms with Crippen molar-refractivity contribution in [2.75, 3.05) is 0 Å². The topological polar surface area (TPSA) is 99.0 Å². The van der Waals surface area contributed by atoms with Gasteiger partial charge in [-0.3, -0.25) is 4.68 Å². The van der Waals surface area contributed by atoms with Crippen molar-refractivity contribution in [1.29, 1.82) is 0 Å². The quantitative estimate of drug-likeness (QED) is 0.750. The van der Waals surface area contributed by atoms with Gasteiger partial charge in [-0.25, -0.2) is 4.79 Å². The molecule has 0 fully saturated rings. The van der Waals surface area contributed by atoms with E-state index < -0.39 is 12.3 Å². The number of hydrogen-bond acceptors (Lipinski definition) is 4. The second kappa shape index (κ2) is 5.88. The van der Waals surface area contributed by atoms with Crippen LogP contribution < -0.4 is 5.73 Å². The Bertz CT molecular complexity index is 942. The Balaban J connectivity index is 2.23. The van der Waals surface area contributed by atoms with E-state index >= 15 is 0 Å². The van der Waals surface area contributed by atoms with Crippen molar-refractivity contribution in [2.24, 2.45) is 5.73 Å². The zero-order valence-corrected chi connectivity index (χ0v) is 13.0. The minimum Gasteiger partial charge on any atom is -0.478 e. The lowest BCUT2D eigenvalue weighted by Gasteiger charge is -2.06. The van der Waals surface area contributed by atoms with E-state index in [2.05, 4.69) is 10.2 Å². The molecule has 0 saturated heterocycles. The van der Waals surface area contributed by atoms with Gasteiger partial charge in [0.05, 0.1) is 23.3 Å². The Morgan fingerprint density at radius 2 is 2.04 bits per heavy atom. The number of rotatable bonds is 4. The van der Waals surface area contributed by atoms with E-state index in [9.17, 15) is 23.1 Å². The third-order valence-corrected chi connectivity index (χ3v) is 3.55. The molecule has 0 aliphatic carbocycles. The number of fused-ring (bicyclic) bond motifs is 1. The summed E-state index contributed by atoms with van der Waals surface area (Å²) in [6, 6.07) is 3.81. The lowest BCUT2D eigenvalue weighted by atomic mass is 10.0. The van der Waals surface area contributed by atoms with Crippen LogP contribution >= 0.6 is 0 Å². The fraction of sp³-hybridized carbons (Fsp3) is 0.267. The van der Waals surface area contributed by atoms with Crippen LogP contribution in [-0.4, -0.2) is 36.7 Å². The normalized spacial score (nSPS) is 13.3. The van der Waals surface area contributed by atoms with Crippen molar-refractivity contribution in [3.05, 3.63) is 36.2 Å². The maximum atomic E-state index is 12.9. The fourth-order valence-corrected chi connectivity index (χ4v) is 2.57. The standard InChI is InChI=1S/C15H14F3N5O2/c1-8(19)6-22-5-4-12(20-22)13-9(14(24)25)2-3-11-10(13)7-23(21-11)15(16,17)18/h2-5,7-8H,6,19H2,1H3,(H,24,25)/t8-/m1/s1. The number of benzene rings is 1. The van der Waals surface area contributed by atoms with E-state index in [0.29, 0.717) is 6.54 Å². The highest BCUT2D eigenvalue weighted by atomic mass is 19.4. The first-order chi connectivity index (χ1) is 11.7. The third-order valence-electron chi connectivity index (χ3n) is 3.55. The highest BCUT2D eigenvalue weighted by molar-refractivity contribution is 6.06. The molecular formula is C15H14F3N5O2. The number of nitrogens with zero attached hydrogens (tertiary/aromatic N) is 4. The van der Waals surface area contributed by atoms with Crippen LogP contribution in [0.5, 0.6) is 0 Å². The second-order valence-electron chi connectivity index (χ2n) is 5.67. The van der Waals surface area contributed by atoms with E-state index in [1.165, 1.54) is 22.9 Å². The Labute approximate surface area is 139 Å². The molecule has 7 nitrogen and oxygen atoms in total. The molecule has 1 atom stereocenters. The van der Waals surface area contributed by atoms with Crippen LogP contribution in [0.4, 0.5) is 13.2 Å². The molecule has 0 aliphatic rings. The SMILES string of the molecule is C[C@@H](N)Cn1ccc(-c2c(C(=O)O)ccc3nn(C(F)(F)F)cc23)n1. The molecule has 25 heavy (non-hydrogen) atoms. The number of carbonyl (C=O) groups is 1. The van der Waals surface area contributed by atoms with Crippen molar-refractivity contribution in [1.82, 2.24) is 19.6 Å². The van der Waals surface area contributed by atoms with E-state index in [1.807, 2.05) is 0 Å². The second-order valence-corrected chi connectivity index (χ2v) is 5.67. The van der Waals surface area contributed by atoms with E-state index in [0.717, 1.165) is 6.20 Å². The first kappa shape index (κ1) is 17.0. The smallest absolute Gasteiger partial charge is 0.478 e. The van der Waals surface area contributed by atoms with Gasteiger partial charge in [0, 0.05) is 29.4 Å². The molecule has 0 saturated carbocycles. The number of aromatic nitrogens is 4. The Morgan fingerprint density at radius 1 is 1.32 bits per heavy atom. The predicted octanol–water partition coefficient (Wildman–Crippen LogP) is 2.42. The molecule has 0 unspecified atom stereocenters. The van der Waals surface area contributed by atoms with Gasteiger partial charge >= 0.3 is 12.3 Å². The van der Waals surface area contributed by atoms with Crippen LogP contribution in [0, 0.1) is 0 Å². The van der Waals surface area contributed by atoms with Gasteiger partial charge in [-0.1, -0.05) is 0 Å². The Morgan fingerprint density at radius 3 is 2.64 bits per heavy atom. The summed E-state index contributed by atoms with van der Waals surface area (Å²) in [5, 5.41) is 17.2. The number of hydrogen-bond donors (Lipinski definition) is 2. The maximum absolute atomic E-state index is 12.9. The molecule has 2 aromatic heterocycles. The number of carboxylic acids is 1. The summed E-state index contributed by atoms with van der Waals surface area (Å²) in [4.78, 5) is 11.5. The molecule has 2 heterocycles. The summed E-state index contributed by atoms with van der Waals surface area (Å²) in [5.41, 5.74) is 5.90. The van der Waals surface area contributed by atoms with Gasteiger partial charge in [0.25, 0.3) is 0 Å². The molecule has 3 rings (SSSR count). The minimum absolute atomic E-state index is 0.0269. The van der Waals surface area contributed by atoms with E-state index in [1.54, 1.807) is 13.1 Å². The Kier molecular flexibility index (Phi) is 3.99. The Hall–Kier alpha value is -2.88. The lowest BCUT2D eigenvalue weighted by Crippen LogP contribution is -2.22. The molecule has 132 valence electrons. The number of nitrogens with two attached hydrogens (primary N) is 1. The molecule has 3 N–H and O–H groups in total. The molecule has 0 aliphatic heterocycles. The van der Waals surface area contributed by atoms with Crippen molar-refractivity contribution >= 4 is 16.9 Å². The molecule has 0 amide bonds. The van der Waals surface area contributed by atoms with Crippen LogP contribution in [0.1, 0.15) is 17.3 Å². The molecule has 0 radical (unpaired) electrons. The van der Waals surface area contributed by atoms with Crippen LogP contribution in [-0.2, 0) is 12.8 Å². The zero-order chi connectivity index (χ0) is 18.4. The van der Waals surface area contributed by atoms with Crippen molar-refractivity contribution < 1.29 is 23.1 Å². The number of carboxylic acid groups (broad SMARTS) is 1. The van der Waals surface area contributed by atoms with Crippen molar-refractivity contribution in [3.8, 4) is 11.3 Å². The van der Waals surface area contributed by atoms with Crippen molar-refractivity contribution in [3.63, 3.8) is 0 Å². The molecule has 10 heteroatoms. The van der Waals surface area contributed by atoms with Crippen LogP contribution in [0.15, 0.2) is 30.6 Å². The average molecular weight is 353 g/mol. The molecule has 3 aromatic rings. The first-order valence-corrected chi connectivity index (χ1v) is 7.29. The van der Waals surface area contributed by atoms with Gasteiger partial charge in [-0.15, -0.1) is 13.2 Å². The molecule has 0 bridgehead atoms. The number of halogens is 3. The van der Waals surface area contributed by atoms with Crippen molar-refractivity contribution in [2.45, 2.75) is 25.8 Å². The van der Waals surface area contributed by atoms with Crippen LogP contribution in [0.3, 0.4) is 0 Å². The summed E-state index contributed by atoms with van der Waals surface area (Å²) in [7, 11) is 0. The number of alkyl halides is 3. The predicted molar refractivity (Wildman–Crippen MR) is 82.9 cm³/mol. The summed E-state index contributed by atoms with van der Waals surface area (Å²) in [5.74, 6) is -1.27. The summed E-state index contributed by atoms with van der Waals surface area (Å²) in [6.45, 7) is 2.16. The largest absolute Gasteiger partial charge is 0.504 e. The zero-order valence-electron chi connectivity index (χ0n) is 13.0. The minimum atomic E-state index is -4.70. The molecule has 0 spiro atoms. The summed E-state index contributed by atoms with van der Waals surface area (Å²) < 4.78 is 40.1. The first-order valence-electron chi connectivity index (χ1n) is 7.29. The van der Waals surface area contributed by atoms with Crippen LogP contribution in [0.2, 0.25) is 0 Å². The van der Waals surface area contributed by atoms with E-state index in [-0.39, 0.29) is 38.4 Å². The van der Waals surface area contributed by atoms with Gasteiger partial charge < -0.3 is 10.8 Å². The highest BCUT2D eigenvalue weighted by Gasteiger charge is 2.33. The van der Waals surface area contributed by atoms with Gasteiger partial charge in [-0.2, -0.15) is 14.9 Å². The van der Waals surface area contributed by atoms with Crippen LogP contribution in [0.25, 0.3) is 22.2 Å². The summed E-state index contributed by atoms with van der Waals surface area (Å²) >= 11 is 0. The van der Waals surface area contributed by atoms with Gasteiger partial charge in [-0.05, 0) is 25.1 Å². The van der Waals surface area contributed by atoms with Gasteiger partial charge in [0.2, 0.25) is 0 Å². The number of aromatic carboxylic acids is 1. The fourth-order valence-electron chi connectivity index (χ4n) is 2.57. The summed E-state index contributed by atoms with van der Waals surface area (Å²) in [6.07, 6.45) is -2.34. The molecule has 1 aromatic carbocycles. The average Bonchev–Trinajstić information content (AvgIpc) is 3.10.